The molecule has 0 radical (unpaired) electrons. The van der Waals surface area contributed by atoms with Crippen molar-refractivity contribution in [1.82, 2.24) is 5.32 Å². The molecule has 0 spiro atoms. The number of ether oxygens (including phenoxy) is 1. The van der Waals surface area contributed by atoms with Crippen LogP contribution in [0.25, 0.3) is 0 Å². The molecule has 0 fully saturated rings. The smallest absolute Gasteiger partial charge is 0.418 e. The Hall–Kier alpha value is -2.70. The highest BCUT2D eigenvalue weighted by Crippen LogP contribution is 2.34. The molecular formula is C16H15F3N2O2. The average molecular weight is 324 g/mol. The molecule has 122 valence electrons. The molecule has 2 rings (SSSR count). The zero-order valence-corrected chi connectivity index (χ0v) is 12.3. The Morgan fingerprint density at radius 3 is 2.43 bits per heavy atom. The maximum Gasteiger partial charge on any atom is 0.418 e. The van der Waals surface area contributed by atoms with E-state index in [1.54, 1.807) is 24.3 Å². The van der Waals surface area contributed by atoms with E-state index in [1.165, 1.54) is 25.3 Å². The molecule has 0 heterocycles. The first kappa shape index (κ1) is 16.7. The summed E-state index contributed by atoms with van der Waals surface area (Å²) in [6.07, 6.45) is -4.54. The van der Waals surface area contributed by atoms with Crippen LogP contribution in [0.3, 0.4) is 0 Å². The summed E-state index contributed by atoms with van der Waals surface area (Å²) in [5.41, 5.74) is -0.473. The number of carbonyl (C=O) groups is 1. The lowest BCUT2D eigenvalue weighted by molar-refractivity contribution is -0.136. The molecule has 0 saturated carbocycles. The second kappa shape index (κ2) is 7.04. The lowest BCUT2D eigenvalue weighted by Crippen LogP contribution is -2.29. The van der Waals surface area contributed by atoms with E-state index in [1.807, 2.05) is 0 Å². The van der Waals surface area contributed by atoms with Crippen LogP contribution >= 0.6 is 0 Å². The van der Waals surface area contributed by atoms with Crippen molar-refractivity contribution < 1.29 is 22.7 Å². The third kappa shape index (κ3) is 4.38. The minimum absolute atomic E-state index is 0.129. The van der Waals surface area contributed by atoms with Crippen LogP contribution in [0.4, 0.5) is 23.7 Å². The number of halogens is 3. The van der Waals surface area contributed by atoms with Crippen LogP contribution in [0, 0.1) is 0 Å². The topological polar surface area (TPSA) is 50.4 Å². The van der Waals surface area contributed by atoms with E-state index < -0.39 is 17.8 Å². The molecule has 0 bridgehead atoms. The van der Waals surface area contributed by atoms with Crippen LogP contribution in [-0.4, -0.2) is 13.1 Å². The number of urea groups is 1. The molecule has 23 heavy (non-hydrogen) atoms. The van der Waals surface area contributed by atoms with E-state index >= 15 is 0 Å². The molecule has 0 atom stereocenters. The Labute approximate surface area is 131 Å². The number of nitrogens with one attached hydrogen (secondary N) is 2. The molecule has 2 N–H and O–H groups in total. The molecule has 4 nitrogen and oxygen atoms in total. The first-order valence-electron chi connectivity index (χ1n) is 6.75. The van der Waals surface area contributed by atoms with Crippen molar-refractivity contribution in [2.45, 2.75) is 12.7 Å². The van der Waals surface area contributed by atoms with Crippen molar-refractivity contribution in [3.63, 3.8) is 0 Å². The van der Waals surface area contributed by atoms with Gasteiger partial charge >= 0.3 is 12.2 Å². The van der Waals surface area contributed by atoms with E-state index in [-0.39, 0.29) is 12.2 Å². The van der Waals surface area contributed by atoms with E-state index in [0.717, 1.165) is 6.07 Å². The zero-order chi connectivity index (χ0) is 16.9. The highest BCUT2D eigenvalue weighted by molar-refractivity contribution is 5.90. The normalized spacial score (nSPS) is 11.0. The van der Waals surface area contributed by atoms with Crippen LogP contribution in [0.15, 0.2) is 48.5 Å². The van der Waals surface area contributed by atoms with Gasteiger partial charge in [0.1, 0.15) is 5.75 Å². The van der Waals surface area contributed by atoms with E-state index in [9.17, 15) is 18.0 Å². The number of carbonyl (C=O) groups excluding carboxylic acids is 1. The Kier molecular flexibility index (Phi) is 5.10. The Morgan fingerprint density at radius 1 is 1.09 bits per heavy atom. The molecule has 2 aromatic rings. The van der Waals surface area contributed by atoms with Gasteiger partial charge in [0.15, 0.2) is 0 Å². The number of benzene rings is 2. The van der Waals surface area contributed by atoms with Crippen molar-refractivity contribution in [3.05, 3.63) is 59.7 Å². The minimum atomic E-state index is -4.54. The maximum absolute atomic E-state index is 12.9. The number of hydrogen-bond acceptors (Lipinski definition) is 2. The van der Waals surface area contributed by atoms with Gasteiger partial charge in [0.25, 0.3) is 0 Å². The van der Waals surface area contributed by atoms with Gasteiger partial charge in [-0.1, -0.05) is 30.3 Å². The first-order chi connectivity index (χ1) is 10.9. The summed E-state index contributed by atoms with van der Waals surface area (Å²) in [5.74, 6) is 0.587. The lowest BCUT2D eigenvalue weighted by atomic mass is 10.1. The Morgan fingerprint density at radius 2 is 1.74 bits per heavy atom. The summed E-state index contributed by atoms with van der Waals surface area (Å²) in [6, 6.07) is 11.1. The van der Waals surface area contributed by atoms with Crippen LogP contribution in [0.2, 0.25) is 0 Å². The van der Waals surface area contributed by atoms with Gasteiger partial charge in [-0.15, -0.1) is 0 Å². The van der Waals surface area contributed by atoms with Crippen molar-refractivity contribution in [2.24, 2.45) is 0 Å². The van der Waals surface area contributed by atoms with Gasteiger partial charge in [0, 0.05) is 12.1 Å². The number of methoxy groups -OCH3 is 1. The van der Waals surface area contributed by atoms with E-state index in [2.05, 4.69) is 10.6 Å². The van der Waals surface area contributed by atoms with Gasteiger partial charge in [-0.2, -0.15) is 13.2 Å². The second-order valence-electron chi connectivity index (χ2n) is 4.66. The number of para-hydroxylation sites is 2. The summed E-state index contributed by atoms with van der Waals surface area (Å²) >= 11 is 0. The third-order valence-corrected chi connectivity index (χ3v) is 3.11. The lowest BCUT2D eigenvalue weighted by Gasteiger charge is -2.14. The molecule has 2 amide bonds. The van der Waals surface area contributed by atoms with E-state index in [0.29, 0.717) is 11.3 Å². The fraction of sp³-hybridized carbons (Fsp3) is 0.188. The van der Waals surface area contributed by atoms with E-state index in [4.69, 9.17) is 4.74 Å². The highest BCUT2D eigenvalue weighted by Gasteiger charge is 2.33. The maximum atomic E-state index is 12.9. The molecular weight excluding hydrogens is 309 g/mol. The van der Waals surface area contributed by atoms with Crippen molar-refractivity contribution in [1.29, 1.82) is 0 Å². The molecule has 2 aromatic carbocycles. The van der Waals surface area contributed by atoms with Gasteiger partial charge in [0.05, 0.1) is 18.4 Å². The molecule has 0 unspecified atom stereocenters. The Balaban J connectivity index is 2.04. The molecule has 0 aliphatic carbocycles. The summed E-state index contributed by atoms with van der Waals surface area (Å²) in [4.78, 5) is 11.8. The highest BCUT2D eigenvalue weighted by atomic mass is 19.4. The minimum Gasteiger partial charge on any atom is -0.496 e. The van der Waals surface area contributed by atoms with Gasteiger partial charge in [-0.25, -0.2) is 4.79 Å². The molecule has 0 aromatic heterocycles. The van der Waals surface area contributed by atoms with Crippen LogP contribution < -0.4 is 15.4 Å². The molecule has 0 aliphatic rings. The summed E-state index contributed by atoms with van der Waals surface area (Å²) < 4.78 is 43.7. The van der Waals surface area contributed by atoms with Crippen LogP contribution in [-0.2, 0) is 12.7 Å². The van der Waals surface area contributed by atoms with Crippen molar-refractivity contribution in [2.75, 3.05) is 12.4 Å². The monoisotopic (exact) mass is 324 g/mol. The fourth-order valence-electron chi connectivity index (χ4n) is 2.03. The van der Waals surface area contributed by atoms with Crippen LogP contribution in [0.1, 0.15) is 11.1 Å². The van der Waals surface area contributed by atoms with Crippen LogP contribution in [0.5, 0.6) is 5.75 Å². The Bertz CT molecular complexity index is 687. The van der Waals surface area contributed by atoms with Gasteiger partial charge in [0.2, 0.25) is 0 Å². The largest absolute Gasteiger partial charge is 0.496 e. The van der Waals surface area contributed by atoms with Gasteiger partial charge in [-0.3, -0.25) is 0 Å². The SMILES string of the molecule is COc1ccccc1CNC(=O)Nc1ccccc1C(F)(F)F. The third-order valence-electron chi connectivity index (χ3n) is 3.11. The standard InChI is InChI=1S/C16H15F3N2O2/c1-23-14-9-5-2-6-11(14)10-20-15(22)21-13-8-4-3-7-12(13)16(17,18)19/h2-9H,10H2,1H3,(H2,20,21,22). The molecule has 0 saturated heterocycles. The molecule has 0 aliphatic heterocycles. The number of anilines is 1. The second-order valence-corrected chi connectivity index (χ2v) is 4.66. The average Bonchev–Trinajstić information content (AvgIpc) is 2.52. The molecule has 7 heteroatoms. The predicted octanol–water partition coefficient (Wildman–Crippen LogP) is 4.04. The summed E-state index contributed by atoms with van der Waals surface area (Å²) in [5, 5.41) is 4.72. The number of alkyl halides is 3. The van der Waals surface area contributed by atoms with Crippen molar-refractivity contribution in [3.8, 4) is 5.75 Å². The fourth-order valence-corrected chi connectivity index (χ4v) is 2.03. The van der Waals surface area contributed by atoms with Crippen molar-refractivity contribution >= 4 is 11.7 Å². The summed E-state index contributed by atoms with van der Waals surface area (Å²) in [7, 11) is 1.50. The number of hydrogen-bond donors (Lipinski definition) is 2. The number of rotatable bonds is 4. The predicted molar refractivity (Wildman–Crippen MR) is 80.3 cm³/mol. The first-order valence-corrected chi connectivity index (χ1v) is 6.75. The van der Waals surface area contributed by atoms with Gasteiger partial charge in [-0.05, 0) is 18.2 Å². The zero-order valence-electron chi connectivity index (χ0n) is 12.3. The number of amides is 2. The quantitative estimate of drug-likeness (QED) is 0.892. The van der Waals surface area contributed by atoms with Gasteiger partial charge < -0.3 is 15.4 Å². The summed E-state index contributed by atoms with van der Waals surface area (Å²) in [6.45, 7) is 0.129.